The van der Waals surface area contributed by atoms with Gasteiger partial charge in [0.05, 0.1) is 19.8 Å². The lowest BCUT2D eigenvalue weighted by Crippen LogP contribution is -2.61. The number of nitrogens with zero attached hydrogens (tertiary/aromatic N) is 2. The van der Waals surface area contributed by atoms with E-state index in [9.17, 15) is 22.8 Å². The maximum Gasteiger partial charge on any atom is 0.409 e. The lowest BCUT2D eigenvalue weighted by Gasteiger charge is -2.40. The van der Waals surface area contributed by atoms with Crippen LogP contribution in [0.3, 0.4) is 0 Å². The number of ether oxygens (including phenoxy) is 2. The largest absolute Gasteiger partial charge is 0.465 e. The molecule has 1 atom stereocenters. The first-order valence-corrected chi connectivity index (χ1v) is 7.67. The SMILES string of the molecule is CCCCOC(=O)N1CCN(CC(=O)OCC)C(C(F)(F)F)C1. The van der Waals surface area contributed by atoms with Crippen molar-refractivity contribution in [1.82, 2.24) is 9.80 Å². The first kappa shape index (κ1) is 19.5. The normalized spacial score (nSPS) is 19.5. The number of unbranched alkanes of at least 4 members (excludes halogenated alkanes) is 1. The molecular weight excluding hydrogens is 317 g/mol. The van der Waals surface area contributed by atoms with Crippen LogP contribution in [0.25, 0.3) is 0 Å². The van der Waals surface area contributed by atoms with E-state index in [1.807, 2.05) is 6.92 Å². The van der Waals surface area contributed by atoms with Gasteiger partial charge in [0.25, 0.3) is 0 Å². The molecule has 0 spiro atoms. The molecule has 0 aromatic heterocycles. The summed E-state index contributed by atoms with van der Waals surface area (Å²) in [6.45, 7) is 2.83. The van der Waals surface area contributed by atoms with Crippen molar-refractivity contribution in [3.8, 4) is 0 Å². The first-order valence-electron chi connectivity index (χ1n) is 7.67. The monoisotopic (exact) mass is 340 g/mol. The molecule has 1 unspecified atom stereocenters. The van der Waals surface area contributed by atoms with E-state index < -0.39 is 37.4 Å². The van der Waals surface area contributed by atoms with Crippen LogP contribution < -0.4 is 0 Å². The van der Waals surface area contributed by atoms with Gasteiger partial charge in [-0.3, -0.25) is 9.69 Å². The quantitative estimate of drug-likeness (QED) is 0.547. The molecule has 1 amide bonds. The predicted octanol–water partition coefficient (Wildman–Crippen LogP) is 2.03. The highest BCUT2D eigenvalue weighted by molar-refractivity contribution is 5.72. The number of hydrogen-bond donors (Lipinski definition) is 0. The van der Waals surface area contributed by atoms with E-state index in [2.05, 4.69) is 0 Å². The maximum atomic E-state index is 13.2. The third kappa shape index (κ3) is 6.25. The summed E-state index contributed by atoms with van der Waals surface area (Å²) in [5.74, 6) is -0.708. The molecule has 1 aliphatic heterocycles. The molecule has 1 saturated heterocycles. The molecule has 0 aromatic rings. The highest BCUT2D eigenvalue weighted by Gasteiger charge is 2.48. The van der Waals surface area contributed by atoms with Crippen LogP contribution in [0.4, 0.5) is 18.0 Å². The number of carbonyl (C=O) groups is 2. The van der Waals surface area contributed by atoms with E-state index in [1.54, 1.807) is 6.92 Å². The molecular formula is C14H23F3N2O4. The fraction of sp³-hybridized carbons (Fsp3) is 0.857. The van der Waals surface area contributed by atoms with Crippen molar-refractivity contribution in [2.24, 2.45) is 0 Å². The molecule has 0 radical (unpaired) electrons. The van der Waals surface area contributed by atoms with Crippen molar-refractivity contribution in [2.45, 2.75) is 38.9 Å². The van der Waals surface area contributed by atoms with Crippen molar-refractivity contribution in [3.05, 3.63) is 0 Å². The topological polar surface area (TPSA) is 59.1 Å². The molecule has 9 heteroatoms. The minimum atomic E-state index is -4.55. The molecule has 1 fully saturated rings. The van der Waals surface area contributed by atoms with Crippen molar-refractivity contribution in [2.75, 3.05) is 39.4 Å². The van der Waals surface area contributed by atoms with Gasteiger partial charge in [-0.1, -0.05) is 13.3 Å². The third-order valence-electron chi connectivity index (χ3n) is 3.49. The summed E-state index contributed by atoms with van der Waals surface area (Å²) >= 11 is 0. The number of amides is 1. The van der Waals surface area contributed by atoms with E-state index in [1.165, 1.54) is 0 Å². The van der Waals surface area contributed by atoms with Gasteiger partial charge in [-0.25, -0.2) is 4.79 Å². The van der Waals surface area contributed by atoms with Gasteiger partial charge in [0.2, 0.25) is 0 Å². The second-order valence-electron chi connectivity index (χ2n) is 5.25. The molecule has 0 N–H and O–H groups in total. The van der Waals surface area contributed by atoms with Crippen LogP contribution in [0.1, 0.15) is 26.7 Å². The Balaban J connectivity index is 2.66. The zero-order chi connectivity index (χ0) is 17.5. The Bertz CT molecular complexity index is 404. The van der Waals surface area contributed by atoms with E-state index in [4.69, 9.17) is 9.47 Å². The summed E-state index contributed by atoms with van der Waals surface area (Å²) in [6.07, 6.45) is -3.80. The van der Waals surface area contributed by atoms with Crippen molar-refractivity contribution < 1.29 is 32.2 Å². The Labute approximate surface area is 133 Å². The van der Waals surface area contributed by atoms with E-state index >= 15 is 0 Å². The van der Waals surface area contributed by atoms with Gasteiger partial charge in [-0.2, -0.15) is 13.2 Å². The summed E-state index contributed by atoms with van der Waals surface area (Å²) in [4.78, 5) is 25.3. The van der Waals surface area contributed by atoms with E-state index in [0.717, 1.165) is 16.2 Å². The van der Waals surface area contributed by atoms with Gasteiger partial charge in [-0.05, 0) is 13.3 Å². The van der Waals surface area contributed by atoms with Crippen LogP contribution in [0.5, 0.6) is 0 Å². The molecule has 0 aromatic carbocycles. The van der Waals surface area contributed by atoms with E-state index in [-0.39, 0.29) is 26.3 Å². The van der Waals surface area contributed by atoms with Crippen molar-refractivity contribution >= 4 is 12.1 Å². The molecule has 134 valence electrons. The molecule has 23 heavy (non-hydrogen) atoms. The van der Waals surface area contributed by atoms with Crippen molar-refractivity contribution in [3.63, 3.8) is 0 Å². The Morgan fingerprint density at radius 3 is 2.43 bits per heavy atom. The zero-order valence-electron chi connectivity index (χ0n) is 13.4. The van der Waals surface area contributed by atoms with Crippen LogP contribution in [0, 0.1) is 0 Å². The van der Waals surface area contributed by atoms with Gasteiger partial charge >= 0.3 is 18.2 Å². The summed E-state index contributed by atoms with van der Waals surface area (Å²) < 4.78 is 49.2. The molecule has 6 nitrogen and oxygen atoms in total. The second-order valence-corrected chi connectivity index (χ2v) is 5.25. The Kier molecular flexibility index (Phi) is 7.60. The highest BCUT2D eigenvalue weighted by atomic mass is 19.4. The fourth-order valence-electron chi connectivity index (χ4n) is 2.25. The summed E-state index contributed by atoms with van der Waals surface area (Å²) in [7, 11) is 0. The molecule has 0 saturated carbocycles. The van der Waals surface area contributed by atoms with Crippen molar-refractivity contribution in [1.29, 1.82) is 0 Å². The number of alkyl halides is 3. The van der Waals surface area contributed by atoms with Crippen LogP contribution >= 0.6 is 0 Å². The lowest BCUT2D eigenvalue weighted by atomic mass is 10.1. The maximum absolute atomic E-state index is 13.2. The average molecular weight is 340 g/mol. The van der Waals surface area contributed by atoms with Crippen LogP contribution in [-0.4, -0.2) is 73.5 Å². The highest BCUT2D eigenvalue weighted by Crippen LogP contribution is 2.28. The minimum absolute atomic E-state index is 0.0636. The molecule has 0 aliphatic carbocycles. The zero-order valence-corrected chi connectivity index (χ0v) is 13.4. The van der Waals surface area contributed by atoms with E-state index in [0.29, 0.717) is 6.42 Å². The minimum Gasteiger partial charge on any atom is -0.465 e. The van der Waals surface area contributed by atoms with Crippen LogP contribution in [0.15, 0.2) is 0 Å². The standard InChI is InChI=1S/C14H23F3N2O4/c1-3-5-8-23-13(21)19-7-6-18(10-12(20)22-4-2)11(9-19)14(15,16)17/h11H,3-10H2,1-2H3. The average Bonchev–Trinajstić information content (AvgIpc) is 2.46. The molecule has 1 aliphatic rings. The molecule has 1 heterocycles. The third-order valence-corrected chi connectivity index (χ3v) is 3.49. The molecule has 0 bridgehead atoms. The Hall–Kier alpha value is -1.51. The number of halogens is 3. The lowest BCUT2D eigenvalue weighted by molar-refractivity contribution is -0.197. The molecule has 1 rings (SSSR count). The predicted molar refractivity (Wildman–Crippen MR) is 75.9 cm³/mol. The van der Waals surface area contributed by atoms with Gasteiger partial charge < -0.3 is 14.4 Å². The smallest absolute Gasteiger partial charge is 0.409 e. The number of esters is 1. The Morgan fingerprint density at radius 2 is 1.87 bits per heavy atom. The van der Waals surface area contributed by atoms with Gasteiger partial charge in [-0.15, -0.1) is 0 Å². The number of carbonyl (C=O) groups excluding carboxylic acids is 2. The van der Waals surface area contributed by atoms with Gasteiger partial charge in [0.1, 0.15) is 6.04 Å². The number of rotatable bonds is 6. The Morgan fingerprint density at radius 1 is 1.17 bits per heavy atom. The summed E-state index contributed by atoms with van der Waals surface area (Å²) in [6, 6.07) is -1.90. The number of hydrogen-bond acceptors (Lipinski definition) is 5. The first-order chi connectivity index (χ1) is 10.8. The summed E-state index contributed by atoms with van der Waals surface area (Å²) in [5.41, 5.74) is 0. The fourth-order valence-corrected chi connectivity index (χ4v) is 2.25. The van der Waals surface area contributed by atoms with Crippen LogP contribution in [-0.2, 0) is 14.3 Å². The number of piperazine rings is 1. The van der Waals surface area contributed by atoms with Gasteiger partial charge in [0, 0.05) is 19.6 Å². The van der Waals surface area contributed by atoms with Crippen LogP contribution in [0.2, 0.25) is 0 Å². The summed E-state index contributed by atoms with van der Waals surface area (Å²) in [5, 5.41) is 0. The second kappa shape index (κ2) is 8.95. The van der Waals surface area contributed by atoms with Gasteiger partial charge in [0.15, 0.2) is 0 Å².